The maximum Gasteiger partial charge on any atom is 0.393 e. The van der Waals surface area contributed by atoms with E-state index in [0.29, 0.717) is 19.3 Å². The second-order valence-corrected chi connectivity index (χ2v) is 12.5. The van der Waals surface area contributed by atoms with Crippen molar-refractivity contribution in [2.24, 2.45) is 11.8 Å². The van der Waals surface area contributed by atoms with Crippen molar-refractivity contribution in [2.75, 3.05) is 0 Å². The van der Waals surface area contributed by atoms with E-state index in [1.807, 2.05) is 0 Å². The highest BCUT2D eigenvalue weighted by atomic mass is 35.5. The molecular formula is C25H27ClF4O3S. The third-order valence-corrected chi connectivity index (χ3v) is 9.68. The molecule has 0 aromatic heterocycles. The van der Waals surface area contributed by atoms with Crippen LogP contribution in [-0.4, -0.2) is 25.1 Å². The first-order valence-electron chi connectivity index (χ1n) is 11.1. The number of rotatable bonds is 9. The summed E-state index contributed by atoms with van der Waals surface area (Å²) in [5.41, 5.74) is 0.189. The average Bonchev–Trinajstić information content (AvgIpc) is 2.70. The Kier molecular flexibility index (Phi) is 7.82. The van der Waals surface area contributed by atoms with Crippen molar-refractivity contribution >= 4 is 27.2 Å². The standard InChI is InChI=1S/C25H27ClF4O3S/c1-24(2,34(32,33)20-7-3-6-17(13-20)15-25(28,29)30)19-11-16(12-19)5-4-8-23(31)18-9-10-21(26)22(27)14-18/h3,6-7,9-10,13-14,16,19H,4-5,8,11-12,15H2,1-2H3. The second kappa shape index (κ2) is 9.97. The van der Waals surface area contributed by atoms with Gasteiger partial charge in [0.25, 0.3) is 0 Å². The molecule has 0 aliphatic heterocycles. The Labute approximate surface area is 202 Å². The van der Waals surface area contributed by atoms with E-state index in [-0.39, 0.29) is 45.1 Å². The van der Waals surface area contributed by atoms with Crippen molar-refractivity contribution in [3.8, 4) is 0 Å². The van der Waals surface area contributed by atoms with Crippen LogP contribution in [0.5, 0.6) is 0 Å². The lowest BCUT2D eigenvalue weighted by Gasteiger charge is -2.45. The first-order valence-corrected chi connectivity index (χ1v) is 13.0. The zero-order valence-corrected chi connectivity index (χ0v) is 20.5. The van der Waals surface area contributed by atoms with Crippen LogP contribution in [0.15, 0.2) is 47.4 Å². The lowest BCUT2D eigenvalue weighted by Crippen LogP contribution is -2.46. The molecule has 1 aliphatic rings. The molecule has 3 rings (SSSR count). The number of sulfone groups is 1. The molecule has 0 spiro atoms. The molecule has 1 fully saturated rings. The molecule has 0 amide bonds. The molecule has 0 saturated heterocycles. The third kappa shape index (κ3) is 6.00. The van der Waals surface area contributed by atoms with E-state index in [2.05, 4.69) is 0 Å². The van der Waals surface area contributed by atoms with Gasteiger partial charge in [-0.1, -0.05) is 23.7 Å². The Balaban J connectivity index is 1.55. The van der Waals surface area contributed by atoms with Crippen LogP contribution in [0.3, 0.4) is 0 Å². The minimum Gasteiger partial charge on any atom is -0.294 e. The van der Waals surface area contributed by atoms with Crippen molar-refractivity contribution in [3.63, 3.8) is 0 Å². The third-order valence-electron chi connectivity index (χ3n) is 6.78. The summed E-state index contributed by atoms with van der Waals surface area (Å²) in [7, 11) is -3.85. The predicted octanol–water partition coefficient (Wildman–Crippen LogP) is 7.22. The summed E-state index contributed by atoms with van der Waals surface area (Å²) in [5, 5.41) is -0.0401. The van der Waals surface area contributed by atoms with Crippen LogP contribution in [0.2, 0.25) is 5.02 Å². The molecule has 186 valence electrons. The maximum atomic E-state index is 13.5. The molecule has 0 unspecified atom stereocenters. The van der Waals surface area contributed by atoms with E-state index < -0.39 is 33.0 Å². The molecule has 0 N–H and O–H groups in total. The van der Waals surface area contributed by atoms with Crippen molar-refractivity contribution < 1.29 is 30.8 Å². The summed E-state index contributed by atoms with van der Waals surface area (Å²) in [6.45, 7) is 3.25. The molecule has 0 atom stereocenters. The van der Waals surface area contributed by atoms with Crippen LogP contribution in [-0.2, 0) is 16.3 Å². The summed E-state index contributed by atoms with van der Waals surface area (Å²) >= 11 is 5.64. The van der Waals surface area contributed by atoms with Gasteiger partial charge in [-0.25, -0.2) is 12.8 Å². The number of Topliss-reactive ketones (excluding diaryl/α,β-unsaturated/α-hetero) is 1. The first kappa shape index (κ1) is 26.7. The smallest absolute Gasteiger partial charge is 0.294 e. The van der Waals surface area contributed by atoms with Gasteiger partial charge in [0.2, 0.25) is 0 Å². The van der Waals surface area contributed by atoms with Gasteiger partial charge in [-0.15, -0.1) is 0 Å². The molecule has 0 bridgehead atoms. The Bertz CT molecular complexity index is 1150. The molecule has 2 aromatic rings. The van der Waals surface area contributed by atoms with Gasteiger partial charge < -0.3 is 0 Å². The first-order chi connectivity index (χ1) is 15.7. The molecule has 3 nitrogen and oxygen atoms in total. The van der Waals surface area contributed by atoms with Crippen molar-refractivity contribution in [1.29, 1.82) is 0 Å². The maximum absolute atomic E-state index is 13.5. The molecule has 9 heteroatoms. The number of alkyl halides is 3. The highest BCUT2D eigenvalue weighted by Crippen LogP contribution is 2.48. The fraction of sp³-hybridized carbons (Fsp3) is 0.480. The van der Waals surface area contributed by atoms with Crippen LogP contribution < -0.4 is 0 Å². The van der Waals surface area contributed by atoms with Gasteiger partial charge in [0.1, 0.15) is 5.82 Å². The number of benzene rings is 2. The van der Waals surface area contributed by atoms with Gasteiger partial charge in [0, 0.05) is 12.0 Å². The van der Waals surface area contributed by atoms with Crippen molar-refractivity contribution in [1.82, 2.24) is 0 Å². The predicted molar refractivity (Wildman–Crippen MR) is 123 cm³/mol. The zero-order valence-electron chi connectivity index (χ0n) is 19.0. The average molecular weight is 519 g/mol. The van der Waals surface area contributed by atoms with Crippen LogP contribution in [0.1, 0.15) is 61.9 Å². The Morgan fingerprint density at radius 3 is 2.38 bits per heavy atom. The zero-order chi connectivity index (χ0) is 25.3. The highest BCUT2D eigenvalue weighted by molar-refractivity contribution is 7.92. The molecule has 1 aliphatic carbocycles. The van der Waals surface area contributed by atoms with Gasteiger partial charge in [-0.3, -0.25) is 4.79 Å². The largest absolute Gasteiger partial charge is 0.393 e. The van der Waals surface area contributed by atoms with Gasteiger partial charge in [-0.05, 0) is 87.3 Å². The molecule has 1 saturated carbocycles. The van der Waals surface area contributed by atoms with E-state index in [9.17, 15) is 30.8 Å². The van der Waals surface area contributed by atoms with Gasteiger partial charge in [-0.2, -0.15) is 13.2 Å². The van der Waals surface area contributed by atoms with E-state index in [1.54, 1.807) is 13.8 Å². The molecule has 2 aromatic carbocycles. The Morgan fingerprint density at radius 1 is 1.09 bits per heavy atom. The van der Waals surface area contributed by atoms with Gasteiger partial charge in [0.05, 0.1) is 21.1 Å². The normalized spacial score (nSPS) is 19.0. The second-order valence-electron chi connectivity index (χ2n) is 9.52. The Hall–Kier alpha value is -1.93. The van der Waals surface area contributed by atoms with Crippen LogP contribution in [0, 0.1) is 17.7 Å². The van der Waals surface area contributed by atoms with E-state index in [1.165, 1.54) is 30.3 Å². The summed E-state index contributed by atoms with van der Waals surface area (Å²) < 4.78 is 77.1. The summed E-state index contributed by atoms with van der Waals surface area (Å²) in [5.74, 6) is -0.671. The van der Waals surface area contributed by atoms with E-state index >= 15 is 0 Å². The number of carbonyl (C=O) groups excluding carboxylic acids is 1. The quantitative estimate of drug-likeness (QED) is 0.260. The van der Waals surface area contributed by atoms with Gasteiger partial charge >= 0.3 is 6.18 Å². The fourth-order valence-corrected chi connectivity index (χ4v) is 6.40. The number of carbonyl (C=O) groups is 1. The summed E-state index contributed by atoms with van der Waals surface area (Å²) in [6.07, 6.45) is -2.65. The fourth-order valence-electron chi connectivity index (χ4n) is 4.48. The lowest BCUT2D eigenvalue weighted by molar-refractivity contribution is -0.127. The Morgan fingerprint density at radius 2 is 1.76 bits per heavy atom. The topological polar surface area (TPSA) is 51.2 Å². The summed E-state index contributed by atoms with van der Waals surface area (Å²) in [4.78, 5) is 12.2. The van der Waals surface area contributed by atoms with Crippen LogP contribution >= 0.6 is 11.6 Å². The van der Waals surface area contributed by atoms with Crippen molar-refractivity contribution in [2.45, 2.75) is 68.2 Å². The van der Waals surface area contributed by atoms with E-state index in [0.717, 1.165) is 18.6 Å². The number of hydrogen-bond donors (Lipinski definition) is 0. The highest BCUT2D eigenvalue weighted by Gasteiger charge is 2.48. The minimum atomic E-state index is -4.41. The summed E-state index contributed by atoms with van der Waals surface area (Å²) in [6, 6.07) is 9.05. The lowest BCUT2D eigenvalue weighted by atomic mass is 9.67. The SMILES string of the molecule is CC(C)(C1CC(CCCC(=O)c2ccc(Cl)c(F)c2)C1)S(=O)(=O)c1cccc(CC(F)(F)F)c1. The number of ketones is 1. The molecular weight excluding hydrogens is 492 g/mol. The minimum absolute atomic E-state index is 0.0401. The molecule has 34 heavy (non-hydrogen) atoms. The molecule has 0 heterocycles. The van der Waals surface area contributed by atoms with Crippen LogP contribution in [0.25, 0.3) is 0 Å². The van der Waals surface area contributed by atoms with Gasteiger partial charge in [0.15, 0.2) is 15.6 Å². The van der Waals surface area contributed by atoms with Crippen molar-refractivity contribution in [3.05, 3.63) is 64.4 Å². The monoisotopic (exact) mass is 518 g/mol. The number of halogens is 5. The molecule has 0 radical (unpaired) electrons. The van der Waals surface area contributed by atoms with Crippen LogP contribution in [0.4, 0.5) is 17.6 Å². The number of hydrogen-bond acceptors (Lipinski definition) is 3. The van der Waals surface area contributed by atoms with E-state index in [4.69, 9.17) is 11.6 Å².